The van der Waals surface area contributed by atoms with E-state index in [1.54, 1.807) is 18.2 Å². The number of imidazole rings is 1. The van der Waals surface area contributed by atoms with E-state index in [4.69, 9.17) is 9.47 Å². The second-order valence-electron chi connectivity index (χ2n) is 7.06. The molecule has 0 saturated heterocycles. The number of carbonyl (C=O) groups is 1. The van der Waals surface area contributed by atoms with Crippen LogP contribution in [0.15, 0.2) is 36.4 Å². The normalized spacial score (nSPS) is 13.9. The maximum Gasteiger partial charge on any atom is 0.449 e. The number of amides is 1. The van der Waals surface area contributed by atoms with Crippen molar-refractivity contribution in [1.82, 2.24) is 14.9 Å². The van der Waals surface area contributed by atoms with Gasteiger partial charge < -0.3 is 19.4 Å². The zero-order valence-electron chi connectivity index (χ0n) is 16.3. The fraction of sp³-hybridized carbons (Fsp3) is 0.333. The van der Waals surface area contributed by atoms with Gasteiger partial charge in [0.15, 0.2) is 11.5 Å². The third kappa shape index (κ3) is 4.05. The molecule has 9 heteroatoms. The van der Waals surface area contributed by atoms with Crippen LogP contribution in [-0.4, -0.2) is 28.7 Å². The number of para-hydroxylation sites is 2. The minimum atomic E-state index is -4.66. The largest absolute Gasteiger partial charge is 0.490 e. The van der Waals surface area contributed by atoms with Gasteiger partial charge in [0.05, 0.1) is 24.2 Å². The first-order valence-corrected chi connectivity index (χ1v) is 9.51. The lowest BCUT2D eigenvalue weighted by Crippen LogP contribution is -2.29. The van der Waals surface area contributed by atoms with E-state index in [1.165, 1.54) is 12.1 Å². The summed E-state index contributed by atoms with van der Waals surface area (Å²) in [4.78, 5) is 16.1. The molecule has 0 fully saturated rings. The SMILES string of the molecule is Cc1cc2c(cc1CNC(=O)Cn1c(C(F)(F)F)nc3ccccc31)OCCCO2. The standard InChI is InChI=1S/C21H20F3N3O3/c1-13-9-17-18(30-8-4-7-29-17)10-14(13)11-25-19(28)12-27-16-6-3-2-5-15(16)26-20(27)21(22,23)24/h2-3,5-6,9-10H,4,7-8,11-12H2,1H3,(H,25,28). The summed E-state index contributed by atoms with van der Waals surface area (Å²) >= 11 is 0. The van der Waals surface area contributed by atoms with Crippen molar-refractivity contribution in [3.63, 3.8) is 0 Å². The number of nitrogens with one attached hydrogen (secondary N) is 1. The summed E-state index contributed by atoms with van der Waals surface area (Å²) in [5.41, 5.74) is 2.14. The van der Waals surface area contributed by atoms with Crippen LogP contribution in [0.1, 0.15) is 23.4 Å². The van der Waals surface area contributed by atoms with Crippen LogP contribution >= 0.6 is 0 Å². The summed E-state index contributed by atoms with van der Waals surface area (Å²) < 4.78 is 52.4. The second-order valence-corrected chi connectivity index (χ2v) is 7.06. The Morgan fingerprint density at radius 2 is 1.87 bits per heavy atom. The van der Waals surface area contributed by atoms with Crippen molar-refractivity contribution in [2.24, 2.45) is 0 Å². The van der Waals surface area contributed by atoms with E-state index in [9.17, 15) is 18.0 Å². The Bertz CT molecular complexity index is 1090. The van der Waals surface area contributed by atoms with Crippen LogP contribution in [0.4, 0.5) is 13.2 Å². The number of nitrogens with zero attached hydrogens (tertiary/aromatic N) is 2. The molecule has 0 radical (unpaired) electrons. The number of fused-ring (bicyclic) bond motifs is 2. The molecule has 1 amide bonds. The van der Waals surface area contributed by atoms with Crippen molar-refractivity contribution < 1.29 is 27.4 Å². The van der Waals surface area contributed by atoms with E-state index in [2.05, 4.69) is 10.3 Å². The van der Waals surface area contributed by atoms with Crippen LogP contribution in [0.25, 0.3) is 11.0 Å². The lowest BCUT2D eigenvalue weighted by molar-refractivity contribution is -0.147. The van der Waals surface area contributed by atoms with E-state index in [1.807, 2.05) is 13.0 Å². The highest BCUT2D eigenvalue weighted by molar-refractivity contribution is 5.81. The number of rotatable bonds is 4. The van der Waals surface area contributed by atoms with Gasteiger partial charge in [-0.1, -0.05) is 12.1 Å². The van der Waals surface area contributed by atoms with Crippen LogP contribution in [0, 0.1) is 6.92 Å². The molecule has 6 nitrogen and oxygen atoms in total. The van der Waals surface area contributed by atoms with Gasteiger partial charge in [0.1, 0.15) is 6.54 Å². The molecule has 2 heterocycles. The summed E-state index contributed by atoms with van der Waals surface area (Å²) in [6.45, 7) is 2.66. The highest BCUT2D eigenvalue weighted by Crippen LogP contribution is 2.33. The van der Waals surface area contributed by atoms with Crippen LogP contribution in [0.2, 0.25) is 0 Å². The van der Waals surface area contributed by atoms with Gasteiger partial charge in [-0.2, -0.15) is 13.2 Å². The number of halogens is 3. The zero-order valence-corrected chi connectivity index (χ0v) is 16.3. The van der Waals surface area contributed by atoms with E-state index in [0.29, 0.717) is 24.7 Å². The smallest absolute Gasteiger partial charge is 0.449 e. The van der Waals surface area contributed by atoms with Crippen molar-refractivity contribution in [2.45, 2.75) is 32.6 Å². The summed E-state index contributed by atoms with van der Waals surface area (Å²) in [6, 6.07) is 9.85. The summed E-state index contributed by atoms with van der Waals surface area (Å²) in [5, 5.41) is 2.69. The van der Waals surface area contributed by atoms with Gasteiger partial charge in [0, 0.05) is 13.0 Å². The molecule has 1 aromatic heterocycles. The maximum absolute atomic E-state index is 13.4. The Hall–Kier alpha value is -3.23. The molecule has 0 spiro atoms. The second kappa shape index (κ2) is 7.89. The van der Waals surface area contributed by atoms with Crippen molar-refractivity contribution >= 4 is 16.9 Å². The third-order valence-electron chi connectivity index (χ3n) is 4.89. The molecule has 0 aliphatic carbocycles. The van der Waals surface area contributed by atoms with Gasteiger partial charge in [0.25, 0.3) is 0 Å². The molecule has 158 valence electrons. The molecule has 4 rings (SSSR count). The minimum Gasteiger partial charge on any atom is -0.490 e. The van der Waals surface area contributed by atoms with Gasteiger partial charge in [-0.15, -0.1) is 0 Å². The summed E-state index contributed by atoms with van der Waals surface area (Å²) in [6.07, 6.45) is -3.88. The van der Waals surface area contributed by atoms with E-state index in [0.717, 1.165) is 22.1 Å². The lowest BCUT2D eigenvalue weighted by atomic mass is 10.1. The Morgan fingerprint density at radius 1 is 1.17 bits per heavy atom. The quantitative estimate of drug-likeness (QED) is 0.698. The predicted octanol–water partition coefficient (Wildman–Crippen LogP) is 3.84. The fourth-order valence-corrected chi connectivity index (χ4v) is 3.39. The topological polar surface area (TPSA) is 65.4 Å². The van der Waals surface area contributed by atoms with E-state index < -0.39 is 24.5 Å². The molecule has 1 aliphatic heterocycles. The van der Waals surface area contributed by atoms with Crippen LogP contribution < -0.4 is 14.8 Å². The molecule has 0 bridgehead atoms. The fourth-order valence-electron chi connectivity index (χ4n) is 3.39. The summed E-state index contributed by atoms with van der Waals surface area (Å²) in [5.74, 6) is -0.386. The molecule has 30 heavy (non-hydrogen) atoms. The highest BCUT2D eigenvalue weighted by Gasteiger charge is 2.38. The van der Waals surface area contributed by atoms with Crippen molar-refractivity contribution in [3.8, 4) is 11.5 Å². The minimum absolute atomic E-state index is 0.162. The van der Waals surface area contributed by atoms with E-state index in [-0.39, 0.29) is 17.6 Å². The first kappa shape index (κ1) is 20.1. The molecular weight excluding hydrogens is 399 g/mol. The third-order valence-corrected chi connectivity index (χ3v) is 4.89. The van der Waals surface area contributed by atoms with Gasteiger partial charge in [-0.3, -0.25) is 4.79 Å². The lowest BCUT2D eigenvalue weighted by Gasteiger charge is -2.14. The van der Waals surface area contributed by atoms with Gasteiger partial charge in [0.2, 0.25) is 11.7 Å². The number of aromatic nitrogens is 2. The van der Waals surface area contributed by atoms with Crippen molar-refractivity contribution in [3.05, 3.63) is 53.3 Å². The molecule has 2 aromatic carbocycles. The van der Waals surface area contributed by atoms with Gasteiger partial charge in [-0.25, -0.2) is 4.98 Å². The number of alkyl halides is 3. The number of hydrogen-bond donors (Lipinski definition) is 1. The van der Waals surface area contributed by atoms with Gasteiger partial charge in [-0.05, 0) is 42.3 Å². The maximum atomic E-state index is 13.4. The Labute approximate surface area is 170 Å². The molecular formula is C21H20F3N3O3. The van der Waals surface area contributed by atoms with Gasteiger partial charge >= 0.3 is 6.18 Å². The van der Waals surface area contributed by atoms with Crippen LogP contribution in [0.5, 0.6) is 11.5 Å². The number of hydrogen-bond acceptors (Lipinski definition) is 4. The first-order valence-electron chi connectivity index (χ1n) is 9.51. The average molecular weight is 419 g/mol. The number of aryl methyl sites for hydroxylation is 1. The molecule has 0 saturated carbocycles. The number of benzene rings is 2. The van der Waals surface area contributed by atoms with Crippen molar-refractivity contribution in [1.29, 1.82) is 0 Å². The monoisotopic (exact) mass is 419 g/mol. The number of carbonyl (C=O) groups excluding carboxylic acids is 1. The molecule has 1 N–H and O–H groups in total. The molecule has 3 aromatic rings. The molecule has 0 unspecified atom stereocenters. The summed E-state index contributed by atoms with van der Waals surface area (Å²) in [7, 11) is 0. The predicted molar refractivity (Wildman–Crippen MR) is 103 cm³/mol. The van der Waals surface area contributed by atoms with E-state index >= 15 is 0 Å². The highest BCUT2D eigenvalue weighted by atomic mass is 19.4. The molecule has 0 atom stereocenters. The Kier molecular flexibility index (Phi) is 5.27. The zero-order chi connectivity index (χ0) is 21.3. The van der Waals surface area contributed by atoms with Crippen molar-refractivity contribution in [2.75, 3.05) is 13.2 Å². The Morgan fingerprint density at radius 3 is 2.60 bits per heavy atom. The number of ether oxygens (including phenoxy) is 2. The molecule has 1 aliphatic rings. The average Bonchev–Trinajstić information content (AvgIpc) is 2.91. The first-order chi connectivity index (χ1) is 14.3. The Balaban J connectivity index is 1.52. The van der Waals surface area contributed by atoms with Crippen LogP contribution in [0.3, 0.4) is 0 Å². The van der Waals surface area contributed by atoms with Crippen LogP contribution in [-0.2, 0) is 24.1 Å².